The van der Waals surface area contributed by atoms with Crippen LogP contribution < -0.4 is 15.4 Å². The van der Waals surface area contributed by atoms with Gasteiger partial charge in [0.15, 0.2) is 5.75 Å². The van der Waals surface area contributed by atoms with Gasteiger partial charge >= 0.3 is 6.03 Å². The molecule has 0 radical (unpaired) electrons. The van der Waals surface area contributed by atoms with Crippen molar-refractivity contribution < 1.29 is 9.53 Å². The minimum Gasteiger partial charge on any atom is -0.455 e. The molecule has 0 saturated carbocycles. The van der Waals surface area contributed by atoms with E-state index >= 15 is 0 Å². The Kier molecular flexibility index (Phi) is 8.65. The minimum absolute atomic E-state index is 0.114. The van der Waals surface area contributed by atoms with Crippen LogP contribution in [0.5, 0.6) is 11.5 Å². The zero-order valence-corrected chi connectivity index (χ0v) is 16.6. The zero-order valence-electron chi connectivity index (χ0n) is 16.6. The number of urea groups is 1. The molecule has 0 fully saturated rings. The third kappa shape index (κ3) is 7.31. The van der Waals surface area contributed by atoms with Gasteiger partial charge in [0.25, 0.3) is 0 Å². The lowest BCUT2D eigenvalue weighted by Gasteiger charge is -2.20. The standard InChI is InChI=1S/C22H31N3O2/c1-4-25(5-2)17-11-12-18(3)23-22(26)24-20-15-9-10-16-21(20)27-19-13-7-6-8-14-19/h6-10,13-16,18H,4-5,11-12,17H2,1-3H3,(H2,23,24,26). The van der Waals surface area contributed by atoms with E-state index < -0.39 is 0 Å². The van der Waals surface area contributed by atoms with Crippen molar-refractivity contribution in [1.29, 1.82) is 0 Å². The van der Waals surface area contributed by atoms with Gasteiger partial charge in [0, 0.05) is 6.04 Å². The van der Waals surface area contributed by atoms with Crippen LogP contribution in [-0.4, -0.2) is 36.6 Å². The number of rotatable bonds is 10. The van der Waals surface area contributed by atoms with Gasteiger partial charge in [-0.2, -0.15) is 0 Å². The molecule has 0 aliphatic heterocycles. The molecule has 2 N–H and O–H groups in total. The van der Waals surface area contributed by atoms with Gasteiger partial charge in [-0.15, -0.1) is 0 Å². The average Bonchev–Trinajstić information content (AvgIpc) is 2.67. The van der Waals surface area contributed by atoms with E-state index in [-0.39, 0.29) is 12.1 Å². The average molecular weight is 370 g/mol. The Bertz CT molecular complexity index is 687. The summed E-state index contributed by atoms with van der Waals surface area (Å²) < 4.78 is 5.88. The molecule has 0 aliphatic rings. The predicted octanol–water partition coefficient (Wildman–Crippen LogP) is 5.11. The fourth-order valence-electron chi connectivity index (χ4n) is 2.89. The molecular weight excluding hydrogens is 338 g/mol. The molecule has 2 amide bonds. The van der Waals surface area contributed by atoms with Crippen molar-refractivity contribution in [3.8, 4) is 11.5 Å². The second-order valence-corrected chi connectivity index (χ2v) is 6.58. The molecule has 27 heavy (non-hydrogen) atoms. The van der Waals surface area contributed by atoms with Crippen molar-refractivity contribution in [3.63, 3.8) is 0 Å². The molecule has 0 spiro atoms. The van der Waals surface area contributed by atoms with Crippen molar-refractivity contribution in [2.24, 2.45) is 0 Å². The van der Waals surface area contributed by atoms with Crippen LogP contribution >= 0.6 is 0 Å². The fourth-order valence-corrected chi connectivity index (χ4v) is 2.89. The number of hydrogen-bond donors (Lipinski definition) is 2. The summed E-state index contributed by atoms with van der Waals surface area (Å²) in [6, 6.07) is 16.9. The number of carbonyl (C=O) groups is 1. The Morgan fingerprint density at radius 2 is 1.70 bits per heavy atom. The van der Waals surface area contributed by atoms with Gasteiger partial charge in [0.2, 0.25) is 0 Å². The molecule has 0 saturated heterocycles. The lowest BCUT2D eigenvalue weighted by atomic mass is 10.2. The molecule has 0 aromatic heterocycles. The van der Waals surface area contributed by atoms with Crippen LogP contribution in [0.3, 0.4) is 0 Å². The van der Waals surface area contributed by atoms with Crippen molar-refractivity contribution >= 4 is 11.7 Å². The van der Waals surface area contributed by atoms with Crippen molar-refractivity contribution in [2.75, 3.05) is 25.0 Å². The number of amides is 2. The number of ether oxygens (including phenoxy) is 1. The summed E-state index contributed by atoms with van der Waals surface area (Å²) in [5.74, 6) is 1.35. The molecule has 2 aromatic rings. The van der Waals surface area contributed by atoms with Gasteiger partial charge in [0.05, 0.1) is 5.69 Å². The van der Waals surface area contributed by atoms with E-state index in [1.165, 1.54) is 0 Å². The number of para-hydroxylation sites is 3. The summed E-state index contributed by atoms with van der Waals surface area (Å²) in [5.41, 5.74) is 0.647. The van der Waals surface area contributed by atoms with Gasteiger partial charge in [-0.05, 0) is 63.7 Å². The lowest BCUT2D eigenvalue weighted by molar-refractivity contribution is 0.246. The number of hydrogen-bond acceptors (Lipinski definition) is 3. The van der Waals surface area contributed by atoms with Crippen molar-refractivity contribution in [2.45, 2.75) is 39.7 Å². The van der Waals surface area contributed by atoms with Crippen LogP contribution in [0.2, 0.25) is 0 Å². The van der Waals surface area contributed by atoms with Crippen molar-refractivity contribution in [3.05, 3.63) is 54.6 Å². The number of anilines is 1. The highest BCUT2D eigenvalue weighted by atomic mass is 16.5. The van der Waals surface area contributed by atoms with Gasteiger partial charge in [-0.25, -0.2) is 4.79 Å². The molecular formula is C22H31N3O2. The molecule has 0 aliphatic carbocycles. The van der Waals surface area contributed by atoms with E-state index in [1.807, 2.05) is 61.5 Å². The highest BCUT2D eigenvalue weighted by Crippen LogP contribution is 2.28. The molecule has 1 unspecified atom stereocenters. The van der Waals surface area contributed by atoms with Gasteiger partial charge in [-0.3, -0.25) is 0 Å². The summed E-state index contributed by atoms with van der Waals surface area (Å²) in [6.07, 6.45) is 2.02. The van der Waals surface area contributed by atoms with E-state index in [9.17, 15) is 4.79 Å². The minimum atomic E-state index is -0.213. The lowest BCUT2D eigenvalue weighted by Crippen LogP contribution is -2.36. The summed E-state index contributed by atoms with van der Waals surface area (Å²) >= 11 is 0. The maximum atomic E-state index is 12.3. The summed E-state index contributed by atoms with van der Waals surface area (Å²) in [7, 11) is 0. The van der Waals surface area contributed by atoms with Crippen LogP contribution in [0.15, 0.2) is 54.6 Å². The fraction of sp³-hybridized carbons (Fsp3) is 0.409. The van der Waals surface area contributed by atoms with E-state index in [2.05, 4.69) is 29.4 Å². The quantitative estimate of drug-likeness (QED) is 0.612. The Hall–Kier alpha value is -2.53. The smallest absolute Gasteiger partial charge is 0.319 e. The topological polar surface area (TPSA) is 53.6 Å². The number of carbonyl (C=O) groups excluding carboxylic acids is 1. The number of benzene rings is 2. The molecule has 2 rings (SSSR count). The third-order valence-electron chi connectivity index (χ3n) is 4.49. The van der Waals surface area contributed by atoms with Crippen LogP contribution in [0.25, 0.3) is 0 Å². The predicted molar refractivity (Wildman–Crippen MR) is 112 cm³/mol. The first-order valence-corrected chi connectivity index (χ1v) is 9.74. The summed E-state index contributed by atoms with van der Waals surface area (Å²) in [5, 5.41) is 5.90. The Balaban J connectivity index is 1.85. The number of nitrogens with one attached hydrogen (secondary N) is 2. The van der Waals surface area contributed by atoms with Crippen LogP contribution in [0.1, 0.15) is 33.6 Å². The molecule has 5 nitrogen and oxygen atoms in total. The normalized spacial score (nSPS) is 11.9. The zero-order chi connectivity index (χ0) is 19.5. The van der Waals surface area contributed by atoms with Crippen molar-refractivity contribution in [1.82, 2.24) is 10.2 Å². The van der Waals surface area contributed by atoms with Crippen LogP contribution in [0, 0.1) is 0 Å². The van der Waals surface area contributed by atoms with Gasteiger partial charge in [-0.1, -0.05) is 44.2 Å². The molecule has 146 valence electrons. The van der Waals surface area contributed by atoms with E-state index in [4.69, 9.17) is 4.74 Å². The number of nitrogens with zero attached hydrogens (tertiary/aromatic N) is 1. The molecule has 5 heteroatoms. The first kappa shape index (κ1) is 20.8. The van der Waals surface area contributed by atoms with E-state index in [0.717, 1.165) is 38.2 Å². The molecule has 1 atom stereocenters. The van der Waals surface area contributed by atoms with Gasteiger partial charge in [0.1, 0.15) is 5.75 Å². The van der Waals surface area contributed by atoms with E-state index in [0.29, 0.717) is 11.4 Å². The summed E-state index contributed by atoms with van der Waals surface area (Å²) in [6.45, 7) is 9.58. The highest BCUT2D eigenvalue weighted by molar-refractivity contribution is 5.91. The SMILES string of the molecule is CCN(CC)CCCC(C)NC(=O)Nc1ccccc1Oc1ccccc1. The monoisotopic (exact) mass is 369 g/mol. The maximum Gasteiger partial charge on any atom is 0.319 e. The van der Waals surface area contributed by atoms with Crippen LogP contribution in [0.4, 0.5) is 10.5 Å². The molecule has 2 aromatic carbocycles. The largest absolute Gasteiger partial charge is 0.455 e. The molecule has 0 bridgehead atoms. The van der Waals surface area contributed by atoms with Crippen LogP contribution in [-0.2, 0) is 0 Å². The first-order valence-electron chi connectivity index (χ1n) is 9.74. The third-order valence-corrected chi connectivity index (χ3v) is 4.49. The summed E-state index contributed by atoms with van der Waals surface area (Å²) in [4.78, 5) is 14.7. The van der Waals surface area contributed by atoms with Gasteiger partial charge < -0.3 is 20.3 Å². The Morgan fingerprint density at radius 1 is 1.04 bits per heavy atom. The first-order chi connectivity index (χ1) is 13.1. The van der Waals surface area contributed by atoms with E-state index in [1.54, 1.807) is 0 Å². The Morgan fingerprint density at radius 3 is 2.41 bits per heavy atom. The molecule has 0 heterocycles. The maximum absolute atomic E-state index is 12.3. The second kappa shape index (κ2) is 11.2. The second-order valence-electron chi connectivity index (χ2n) is 6.58. The highest BCUT2D eigenvalue weighted by Gasteiger charge is 2.11. The Labute approximate surface area is 162 Å².